The number of rotatable bonds is 6. The fraction of sp³-hybridized carbons (Fsp3) is 0.467. The average Bonchev–Trinajstić information content (AvgIpc) is 2.47. The second kappa shape index (κ2) is 6.95. The Morgan fingerprint density at radius 1 is 1.33 bits per heavy atom. The van der Waals surface area contributed by atoms with Gasteiger partial charge < -0.3 is 9.88 Å². The summed E-state index contributed by atoms with van der Waals surface area (Å²) in [5.41, 5.74) is 0.346. The van der Waals surface area contributed by atoms with Crippen molar-refractivity contribution in [2.75, 3.05) is 19.6 Å². The monoisotopic (exact) mass is 309 g/mol. The molecule has 0 unspecified atom stereocenters. The average molecular weight is 309 g/mol. The third-order valence-electron chi connectivity index (χ3n) is 3.69. The summed E-state index contributed by atoms with van der Waals surface area (Å²) in [6.07, 6.45) is 0.833. The zero-order chi connectivity index (χ0) is 15.4. The fourth-order valence-electron chi connectivity index (χ4n) is 2.42. The highest BCUT2D eigenvalue weighted by molar-refractivity contribution is 7.71. The van der Waals surface area contributed by atoms with Crippen molar-refractivity contribution in [3.8, 4) is 0 Å². The van der Waals surface area contributed by atoms with Crippen LogP contribution in [0.5, 0.6) is 0 Å². The van der Waals surface area contributed by atoms with Crippen LogP contribution in [0.15, 0.2) is 23.0 Å². The highest BCUT2D eigenvalue weighted by Gasteiger charge is 2.07. The molecule has 0 atom stereocenters. The first-order valence-electron chi connectivity index (χ1n) is 7.21. The molecule has 1 heterocycles. The van der Waals surface area contributed by atoms with Crippen molar-refractivity contribution in [2.45, 2.75) is 26.8 Å². The Morgan fingerprint density at radius 3 is 2.71 bits per heavy atom. The summed E-state index contributed by atoms with van der Waals surface area (Å²) in [6, 6.07) is 4.11. The number of fused-ring (bicyclic) bond motifs is 1. The molecular formula is C15H20FN3OS. The largest absolute Gasteiger partial charge is 0.332 e. The molecule has 2 rings (SSSR count). The van der Waals surface area contributed by atoms with Crippen molar-refractivity contribution in [3.05, 3.63) is 39.1 Å². The molecule has 0 saturated carbocycles. The molecule has 114 valence electrons. The molecule has 2 aromatic rings. The van der Waals surface area contributed by atoms with Gasteiger partial charge in [0, 0.05) is 6.54 Å². The lowest BCUT2D eigenvalue weighted by Crippen LogP contribution is -2.27. The van der Waals surface area contributed by atoms with Crippen LogP contribution >= 0.6 is 12.2 Å². The van der Waals surface area contributed by atoms with Gasteiger partial charge in [-0.3, -0.25) is 9.36 Å². The Balaban J connectivity index is 2.28. The highest BCUT2D eigenvalue weighted by atomic mass is 32.1. The van der Waals surface area contributed by atoms with E-state index in [1.54, 1.807) is 6.07 Å². The van der Waals surface area contributed by atoms with Crippen molar-refractivity contribution < 1.29 is 4.39 Å². The van der Waals surface area contributed by atoms with Crippen molar-refractivity contribution in [3.63, 3.8) is 0 Å². The van der Waals surface area contributed by atoms with E-state index in [9.17, 15) is 9.18 Å². The van der Waals surface area contributed by atoms with Crippen LogP contribution in [-0.2, 0) is 6.54 Å². The first-order valence-corrected chi connectivity index (χ1v) is 7.62. The summed E-state index contributed by atoms with van der Waals surface area (Å²) >= 11 is 5.24. The summed E-state index contributed by atoms with van der Waals surface area (Å²) in [7, 11) is 0. The number of hydrogen-bond acceptors (Lipinski definition) is 3. The van der Waals surface area contributed by atoms with E-state index in [1.165, 1.54) is 16.7 Å². The summed E-state index contributed by atoms with van der Waals surface area (Å²) in [5, 5.41) is 0.339. The fourth-order valence-corrected chi connectivity index (χ4v) is 2.70. The molecule has 1 N–H and O–H groups in total. The molecule has 1 aromatic carbocycles. The minimum atomic E-state index is -0.417. The smallest absolute Gasteiger partial charge is 0.262 e. The van der Waals surface area contributed by atoms with Gasteiger partial charge in [-0.2, -0.15) is 0 Å². The van der Waals surface area contributed by atoms with Gasteiger partial charge in [0.05, 0.1) is 10.9 Å². The first kappa shape index (κ1) is 15.9. The van der Waals surface area contributed by atoms with Crippen molar-refractivity contribution in [1.29, 1.82) is 0 Å². The molecular weight excluding hydrogens is 289 g/mol. The minimum absolute atomic E-state index is 0.229. The molecule has 0 radical (unpaired) electrons. The normalized spacial score (nSPS) is 11.4. The number of aromatic nitrogens is 2. The molecule has 0 spiro atoms. The van der Waals surface area contributed by atoms with E-state index in [0.717, 1.165) is 26.1 Å². The zero-order valence-corrected chi connectivity index (χ0v) is 13.2. The van der Waals surface area contributed by atoms with Gasteiger partial charge in [-0.15, -0.1) is 0 Å². The van der Waals surface area contributed by atoms with Crippen molar-refractivity contribution >= 4 is 23.1 Å². The molecule has 0 saturated heterocycles. The number of benzene rings is 1. The molecule has 0 aliphatic carbocycles. The van der Waals surface area contributed by atoms with E-state index >= 15 is 0 Å². The molecule has 0 bridgehead atoms. The Labute approximate surface area is 128 Å². The van der Waals surface area contributed by atoms with E-state index in [1.807, 2.05) is 0 Å². The number of hydrogen-bond donors (Lipinski definition) is 1. The van der Waals surface area contributed by atoms with E-state index in [-0.39, 0.29) is 5.56 Å². The topological polar surface area (TPSA) is 41.0 Å². The van der Waals surface area contributed by atoms with Crippen molar-refractivity contribution in [1.82, 2.24) is 14.5 Å². The molecule has 0 aliphatic heterocycles. The maximum Gasteiger partial charge on any atom is 0.262 e. The highest BCUT2D eigenvalue weighted by Crippen LogP contribution is 2.09. The second-order valence-electron chi connectivity index (χ2n) is 4.96. The SMILES string of the molecule is CCN(CC)CCCn1c(=S)[nH]c2ccc(F)cc2c1=O. The first-order chi connectivity index (χ1) is 10.1. The molecule has 0 aliphatic rings. The number of aromatic amines is 1. The second-order valence-corrected chi connectivity index (χ2v) is 5.34. The van der Waals surface area contributed by atoms with Crippen LogP contribution in [-0.4, -0.2) is 34.1 Å². The Kier molecular flexibility index (Phi) is 5.25. The van der Waals surface area contributed by atoms with Gasteiger partial charge in [0.1, 0.15) is 5.82 Å². The summed E-state index contributed by atoms with van der Waals surface area (Å²) in [5.74, 6) is -0.417. The van der Waals surface area contributed by atoms with Crippen molar-refractivity contribution in [2.24, 2.45) is 0 Å². The third kappa shape index (κ3) is 3.57. The minimum Gasteiger partial charge on any atom is -0.332 e. The van der Waals surface area contributed by atoms with Crippen LogP contribution in [0, 0.1) is 10.6 Å². The molecule has 0 fully saturated rings. The van der Waals surface area contributed by atoms with E-state index < -0.39 is 5.82 Å². The number of halogens is 1. The molecule has 6 heteroatoms. The molecule has 4 nitrogen and oxygen atoms in total. The van der Waals surface area contributed by atoms with Gasteiger partial charge in [-0.05, 0) is 56.5 Å². The van der Waals surface area contributed by atoms with Gasteiger partial charge in [-0.1, -0.05) is 13.8 Å². The van der Waals surface area contributed by atoms with Crippen LogP contribution in [0.4, 0.5) is 4.39 Å². The van der Waals surface area contributed by atoms with Gasteiger partial charge in [0.25, 0.3) is 5.56 Å². The van der Waals surface area contributed by atoms with E-state index in [4.69, 9.17) is 12.2 Å². The third-order valence-corrected chi connectivity index (χ3v) is 4.02. The van der Waals surface area contributed by atoms with E-state index in [0.29, 0.717) is 22.2 Å². The summed E-state index contributed by atoms with van der Waals surface area (Å²) in [6.45, 7) is 7.65. The van der Waals surface area contributed by atoms with Gasteiger partial charge >= 0.3 is 0 Å². The summed E-state index contributed by atoms with van der Waals surface area (Å²) < 4.78 is 15.2. The Hall–Kier alpha value is -1.53. The van der Waals surface area contributed by atoms with Crippen LogP contribution in [0.3, 0.4) is 0 Å². The maximum absolute atomic E-state index is 13.3. The summed E-state index contributed by atoms with van der Waals surface area (Å²) in [4.78, 5) is 17.7. The lowest BCUT2D eigenvalue weighted by Gasteiger charge is -2.18. The van der Waals surface area contributed by atoms with Gasteiger partial charge in [0.2, 0.25) is 0 Å². The standard InChI is InChI=1S/C15H20FN3OS/c1-3-18(4-2)8-5-9-19-14(20)12-10-11(16)6-7-13(12)17-15(19)21/h6-7,10H,3-5,8-9H2,1-2H3,(H,17,21). The number of H-pyrrole nitrogens is 1. The predicted molar refractivity (Wildman–Crippen MR) is 85.8 cm³/mol. The number of nitrogens with one attached hydrogen (secondary N) is 1. The lowest BCUT2D eigenvalue weighted by atomic mass is 10.2. The maximum atomic E-state index is 13.3. The predicted octanol–water partition coefficient (Wildman–Crippen LogP) is 2.93. The number of nitrogens with zero attached hydrogens (tertiary/aromatic N) is 2. The molecule has 21 heavy (non-hydrogen) atoms. The molecule has 0 amide bonds. The Bertz CT molecular complexity index is 734. The van der Waals surface area contributed by atoms with E-state index in [2.05, 4.69) is 23.7 Å². The quantitative estimate of drug-likeness (QED) is 0.834. The Morgan fingerprint density at radius 2 is 2.05 bits per heavy atom. The van der Waals surface area contributed by atoms with Crippen LogP contribution in [0.2, 0.25) is 0 Å². The zero-order valence-electron chi connectivity index (χ0n) is 12.4. The van der Waals surface area contributed by atoms with Crippen LogP contribution in [0.25, 0.3) is 10.9 Å². The van der Waals surface area contributed by atoms with Crippen LogP contribution in [0.1, 0.15) is 20.3 Å². The molecule has 1 aromatic heterocycles. The van der Waals surface area contributed by atoms with Crippen LogP contribution < -0.4 is 5.56 Å². The lowest BCUT2D eigenvalue weighted by molar-refractivity contribution is 0.292. The van der Waals surface area contributed by atoms with Gasteiger partial charge in [-0.25, -0.2) is 4.39 Å². The van der Waals surface area contributed by atoms with Gasteiger partial charge in [0.15, 0.2) is 4.77 Å².